The molecular formula is C21H27N3O. The molecule has 132 valence electrons. The maximum Gasteiger partial charge on any atom is 0.238 e. The zero-order chi connectivity index (χ0) is 17.6. The molecule has 0 aromatic heterocycles. The number of benzene rings is 2. The van der Waals surface area contributed by atoms with E-state index in [-0.39, 0.29) is 5.91 Å². The molecule has 1 aliphatic heterocycles. The van der Waals surface area contributed by atoms with Gasteiger partial charge in [0.2, 0.25) is 5.91 Å². The molecule has 0 unspecified atom stereocenters. The summed E-state index contributed by atoms with van der Waals surface area (Å²) in [5, 5.41) is 2.99. The molecule has 1 N–H and O–H groups in total. The summed E-state index contributed by atoms with van der Waals surface area (Å²) < 4.78 is 0. The molecule has 4 heteroatoms. The van der Waals surface area contributed by atoms with Crippen molar-refractivity contribution >= 4 is 11.6 Å². The average Bonchev–Trinajstić information content (AvgIpc) is 2.59. The molecule has 0 radical (unpaired) electrons. The zero-order valence-electron chi connectivity index (χ0n) is 15.2. The monoisotopic (exact) mass is 337 g/mol. The third-order valence-electron chi connectivity index (χ3n) is 4.66. The number of carbonyl (C=O) groups is 1. The van der Waals surface area contributed by atoms with Crippen molar-refractivity contribution in [2.24, 2.45) is 0 Å². The van der Waals surface area contributed by atoms with Crippen LogP contribution in [0.4, 0.5) is 5.69 Å². The van der Waals surface area contributed by atoms with Crippen LogP contribution in [0.3, 0.4) is 0 Å². The van der Waals surface area contributed by atoms with Gasteiger partial charge in [0.1, 0.15) is 0 Å². The number of nitrogens with one attached hydrogen (secondary N) is 1. The maximum atomic E-state index is 12.2. The molecule has 1 aliphatic rings. The summed E-state index contributed by atoms with van der Waals surface area (Å²) in [4.78, 5) is 16.9. The van der Waals surface area contributed by atoms with Crippen LogP contribution < -0.4 is 5.32 Å². The van der Waals surface area contributed by atoms with Gasteiger partial charge in [0.15, 0.2) is 0 Å². The number of piperazine rings is 1. The second-order valence-corrected chi connectivity index (χ2v) is 6.96. The topological polar surface area (TPSA) is 35.6 Å². The van der Waals surface area contributed by atoms with Gasteiger partial charge in [-0.1, -0.05) is 42.0 Å². The predicted octanol–water partition coefficient (Wildman–Crippen LogP) is 3.06. The molecule has 0 spiro atoms. The fraction of sp³-hybridized carbons (Fsp3) is 0.381. The number of anilines is 1. The van der Waals surface area contributed by atoms with E-state index in [0.29, 0.717) is 6.54 Å². The quantitative estimate of drug-likeness (QED) is 0.911. The summed E-state index contributed by atoms with van der Waals surface area (Å²) in [7, 11) is 0. The Bertz CT molecular complexity index is 703. The standard InChI is InChI=1S/C21H27N3O/c1-17-6-8-19(9-7-17)15-23-10-12-24(13-11-23)16-21(25)22-20-5-3-4-18(2)14-20/h3-9,14H,10-13,15-16H2,1-2H3,(H,22,25). The van der Waals surface area contributed by atoms with Crippen molar-refractivity contribution in [3.63, 3.8) is 0 Å². The van der Waals surface area contributed by atoms with Crippen molar-refractivity contribution < 1.29 is 4.79 Å². The van der Waals surface area contributed by atoms with Crippen LogP contribution in [-0.2, 0) is 11.3 Å². The van der Waals surface area contributed by atoms with Crippen LogP contribution in [0, 0.1) is 13.8 Å². The Hall–Kier alpha value is -2.17. The number of amides is 1. The van der Waals surface area contributed by atoms with Crippen LogP contribution in [0.5, 0.6) is 0 Å². The Kier molecular flexibility index (Phi) is 5.84. The lowest BCUT2D eigenvalue weighted by atomic mass is 10.1. The highest BCUT2D eigenvalue weighted by molar-refractivity contribution is 5.92. The predicted molar refractivity (Wildman–Crippen MR) is 103 cm³/mol. The molecule has 25 heavy (non-hydrogen) atoms. The number of nitrogens with zero attached hydrogens (tertiary/aromatic N) is 2. The van der Waals surface area contributed by atoms with E-state index >= 15 is 0 Å². The molecule has 1 amide bonds. The maximum absolute atomic E-state index is 12.2. The van der Waals surface area contributed by atoms with Crippen LogP contribution >= 0.6 is 0 Å². The first-order valence-corrected chi connectivity index (χ1v) is 8.95. The van der Waals surface area contributed by atoms with Gasteiger partial charge in [-0.3, -0.25) is 14.6 Å². The Morgan fingerprint density at radius 2 is 1.60 bits per heavy atom. The highest BCUT2D eigenvalue weighted by Gasteiger charge is 2.19. The van der Waals surface area contributed by atoms with E-state index in [0.717, 1.165) is 44.0 Å². The van der Waals surface area contributed by atoms with Gasteiger partial charge in [-0.05, 0) is 37.1 Å². The Labute approximate surface area is 150 Å². The number of hydrogen-bond acceptors (Lipinski definition) is 3. The van der Waals surface area contributed by atoms with Gasteiger partial charge in [0, 0.05) is 38.4 Å². The van der Waals surface area contributed by atoms with E-state index in [1.807, 2.05) is 31.2 Å². The summed E-state index contributed by atoms with van der Waals surface area (Å²) in [5.74, 6) is 0.0672. The van der Waals surface area contributed by atoms with Gasteiger partial charge in [0.25, 0.3) is 0 Å². The molecule has 2 aromatic rings. The first-order chi connectivity index (χ1) is 12.1. The molecule has 0 saturated carbocycles. The second kappa shape index (κ2) is 8.28. The summed E-state index contributed by atoms with van der Waals surface area (Å²) in [6, 6.07) is 16.7. The summed E-state index contributed by atoms with van der Waals surface area (Å²) in [6.07, 6.45) is 0. The molecule has 3 rings (SSSR count). The molecule has 1 fully saturated rings. The molecule has 4 nitrogen and oxygen atoms in total. The highest BCUT2D eigenvalue weighted by Crippen LogP contribution is 2.11. The second-order valence-electron chi connectivity index (χ2n) is 6.96. The lowest BCUT2D eigenvalue weighted by Crippen LogP contribution is -2.48. The average molecular weight is 337 g/mol. The Morgan fingerprint density at radius 1 is 0.920 bits per heavy atom. The Balaban J connectivity index is 1.42. The minimum Gasteiger partial charge on any atom is -0.325 e. The third-order valence-corrected chi connectivity index (χ3v) is 4.66. The summed E-state index contributed by atoms with van der Waals surface area (Å²) in [6.45, 7) is 9.49. The number of hydrogen-bond donors (Lipinski definition) is 1. The van der Waals surface area contributed by atoms with Gasteiger partial charge in [-0.15, -0.1) is 0 Å². The normalized spacial score (nSPS) is 15.9. The smallest absolute Gasteiger partial charge is 0.238 e. The van der Waals surface area contributed by atoms with Crippen molar-refractivity contribution in [1.29, 1.82) is 0 Å². The minimum absolute atomic E-state index is 0.0672. The zero-order valence-corrected chi connectivity index (χ0v) is 15.2. The summed E-state index contributed by atoms with van der Waals surface area (Å²) >= 11 is 0. The van der Waals surface area contributed by atoms with Crippen molar-refractivity contribution in [2.75, 3.05) is 38.0 Å². The first-order valence-electron chi connectivity index (χ1n) is 8.95. The van der Waals surface area contributed by atoms with E-state index in [4.69, 9.17) is 0 Å². The van der Waals surface area contributed by atoms with E-state index in [2.05, 4.69) is 46.3 Å². The van der Waals surface area contributed by atoms with Crippen molar-refractivity contribution in [2.45, 2.75) is 20.4 Å². The van der Waals surface area contributed by atoms with Crippen molar-refractivity contribution in [3.8, 4) is 0 Å². The molecule has 0 aliphatic carbocycles. The van der Waals surface area contributed by atoms with Crippen molar-refractivity contribution in [1.82, 2.24) is 9.80 Å². The number of carbonyl (C=O) groups excluding carboxylic acids is 1. The number of aryl methyl sites for hydroxylation is 2. The van der Waals surface area contributed by atoms with Gasteiger partial charge in [-0.2, -0.15) is 0 Å². The molecule has 2 aromatic carbocycles. The van der Waals surface area contributed by atoms with Crippen LogP contribution in [0.25, 0.3) is 0 Å². The lowest BCUT2D eigenvalue weighted by Gasteiger charge is -2.34. The fourth-order valence-electron chi connectivity index (χ4n) is 3.18. The summed E-state index contributed by atoms with van der Waals surface area (Å²) in [5.41, 5.74) is 4.69. The van der Waals surface area contributed by atoms with E-state index in [1.54, 1.807) is 0 Å². The van der Waals surface area contributed by atoms with Crippen LogP contribution in [-0.4, -0.2) is 48.4 Å². The lowest BCUT2D eigenvalue weighted by molar-refractivity contribution is -0.117. The first kappa shape index (κ1) is 17.6. The van der Waals surface area contributed by atoms with Crippen molar-refractivity contribution in [3.05, 3.63) is 65.2 Å². The van der Waals surface area contributed by atoms with E-state index < -0.39 is 0 Å². The van der Waals surface area contributed by atoms with Gasteiger partial charge >= 0.3 is 0 Å². The largest absolute Gasteiger partial charge is 0.325 e. The molecule has 0 bridgehead atoms. The van der Waals surface area contributed by atoms with E-state index in [9.17, 15) is 4.79 Å². The molecular weight excluding hydrogens is 310 g/mol. The Morgan fingerprint density at radius 3 is 2.28 bits per heavy atom. The molecule has 1 heterocycles. The van der Waals surface area contributed by atoms with Crippen LogP contribution in [0.15, 0.2) is 48.5 Å². The van der Waals surface area contributed by atoms with Gasteiger partial charge < -0.3 is 5.32 Å². The number of rotatable bonds is 5. The van der Waals surface area contributed by atoms with Gasteiger partial charge in [-0.25, -0.2) is 0 Å². The fourth-order valence-corrected chi connectivity index (χ4v) is 3.18. The molecule has 1 saturated heterocycles. The molecule has 0 atom stereocenters. The third kappa shape index (κ3) is 5.41. The SMILES string of the molecule is Cc1ccc(CN2CCN(CC(=O)Nc3cccc(C)c3)CC2)cc1. The van der Waals surface area contributed by atoms with Crippen LogP contribution in [0.1, 0.15) is 16.7 Å². The minimum atomic E-state index is 0.0672. The highest BCUT2D eigenvalue weighted by atomic mass is 16.2. The van der Waals surface area contributed by atoms with Gasteiger partial charge in [0.05, 0.1) is 6.54 Å². The van der Waals surface area contributed by atoms with Crippen LogP contribution in [0.2, 0.25) is 0 Å². The van der Waals surface area contributed by atoms with E-state index in [1.165, 1.54) is 11.1 Å².